The van der Waals surface area contributed by atoms with Crippen LogP contribution in [-0.2, 0) is 28.6 Å². The lowest BCUT2D eigenvalue weighted by Crippen LogP contribution is -2.44. The fourth-order valence-electron chi connectivity index (χ4n) is 1.28. The van der Waals surface area contributed by atoms with Crippen LogP contribution in [0.5, 0.6) is 0 Å². The van der Waals surface area contributed by atoms with Gasteiger partial charge in [0.2, 0.25) is 0 Å². The lowest BCUT2D eigenvalue weighted by atomic mass is 9.95. The van der Waals surface area contributed by atoms with Crippen molar-refractivity contribution in [3.63, 3.8) is 0 Å². The van der Waals surface area contributed by atoms with Crippen LogP contribution in [0.4, 0.5) is 0 Å². The highest BCUT2D eigenvalue weighted by atomic mass is 16.6. The first kappa shape index (κ1) is 18.6. The molecule has 0 fully saturated rings. The Balaban J connectivity index is 4.90. The monoisotopic (exact) mass is 298 g/mol. The molecule has 1 N–H and O–H groups in total. The van der Waals surface area contributed by atoms with Gasteiger partial charge in [-0.1, -0.05) is 31.9 Å². The summed E-state index contributed by atoms with van der Waals surface area (Å²) in [4.78, 5) is 34.7. The van der Waals surface area contributed by atoms with E-state index in [9.17, 15) is 19.5 Å². The van der Waals surface area contributed by atoms with Gasteiger partial charge in [-0.05, 0) is 0 Å². The van der Waals surface area contributed by atoms with Gasteiger partial charge in [-0.25, -0.2) is 4.79 Å². The minimum Gasteiger partial charge on any atom is -0.461 e. The van der Waals surface area contributed by atoms with Gasteiger partial charge in [0.25, 0.3) is 0 Å². The molecule has 0 bridgehead atoms. The first-order chi connectivity index (χ1) is 9.89. The van der Waals surface area contributed by atoms with Crippen molar-refractivity contribution in [3.8, 4) is 0 Å². The second-order valence-electron chi connectivity index (χ2n) is 3.90. The molecule has 0 unspecified atom stereocenters. The molecular formula is C14H18O7. The number of hydrogen-bond donors (Lipinski definition) is 1. The molecular weight excluding hydrogens is 280 g/mol. The van der Waals surface area contributed by atoms with Crippen LogP contribution >= 0.6 is 0 Å². The largest absolute Gasteiger partial charge is 0.461 e. The summed E-state index contributed by atoms with van der Waals surface area (Å²) in [6.45, 7) is 9.67. The molecule has 0 atom stereocenters. The van der Waals surface area contributed by atoms with Crippen molar-refractivity contribution in [3.05, 3.63) is 38.2 Å². The maximum absolute atomic E-state index is 11.7. The molecule has 0 aliphatic heterocycles. The minimum atomic E-state index is -2.40. The average molecular weight is 298 g/mol. The van der Waals surface area contributed by atoms with Gasteiger partial charge < -0.3 is 19.3 Å². The number of ether oxygens (including phenoxy) is 3. The van der Waals surface area contributed by atoms with Gasteiger partial charge in [0, 0.05) is 0 Å². The van der Waals surface area contributed by atoms with Crippen LogP contribution in [0.15, 0.2) is 38.2 Å². The van der Waals surface area contributed by atoms with Crippen LogP contribution in [0.2, 0.25) is 0 Å². The van der Waals surface area contributed by atoms with Crippen LogP contribution in [0, 0.1) is 0 Å². The zero-order valence-corrected chi connectivity index (χ0v) is 11.6. The van der Waals surface area contributed by atoms with Crippen LogP contribution in [0.25, 0.3) is 0 Å². The predicted molar refractivity (Wildman–Crippen MR) is 72.8 cm³/mol. The van der Waals surface area contributed by atoms with Crippen LogP contribution < -0.4 is 0 Å². The molecule has 0 aliphatic carbocycles. The van der Waals surface area contributed by atoms with Gasteiger partial charge >= 0.3 is 17.9 Å². The minimum absolute atomic E-state index is 0.0909. The number of aliphatic hydroxyl groups is 1. The summed E-state index contributed by atoms with van der Waals surface area (Å²) in [5, 5.41) is 10.2. The van der Waals surface area contributed by atoms with Crippen molar-refractivity contribution in [2.75, 3.05) is 13.2 Å². The zero-order valence-electron chi connectivity index (χ0n) is 11.6. The third-order valence-electron chi connectivity index (χ3n) is 2.17. The van der Waals surface area contributed by atoms with Crippen molar-refractivity contribution in [2.24, 2.45) is 0 Å². The first-order valence-corrected chi connectivity index (χ1v) is 5.97. The molecule has 0 aromatic carbocycles. The third kappa shape index (κ3) is 7.07. The Morgan fingerprint density at radius 2 is 1.38 bits per heavy atom. The van der Waals surface area contributed by atoms with Crippen LogP contribution in [-0.4, -0.2) is 41.8 Å². The van der Waals surface area contributed by atoms with Crippen molar-refractivity contribution < 1.29 is 33.7 Å². The van der Waals surface area contributed by atoms with E-state index in [0.717, 1.165) is 6.26 Å². The number of hydrogen-bond acceptors (Lipinski definition) is 7. The molecule has 0 heterocycles. The highest BCUT2D eigenvalue weighted by Crippen LogP contribution is 2.20. The van der Waals surface area contributed by atoms with Gasteiger partial charge in [-0.15, -0.1) is 0 Å². The van der Waals surface area contributed by atoms with E-state index in [2.05, 4.69) is 33.9 Å². The third-order valence-corrected chi connectivity index (χ3v) is 2.17. The van der Waals surface area contributed by atoms with Crippen LogP contribution in [0.1, 0.15) is 12.8 Å². The average Bonchev–Trinajstić information content (AvgIpc) is 2.42. The molecule has 0 aliphatic rings. The summed E-state index contributed by atoms with van der Waals surface area (Å²) in [5.41, 5.74) is -2.40. The van der Waals surface area contributed by atoms with Crippen molar-refractivity contribution in [1.29, 1.82) is 0 Å². The van der Waals surface area contributed by atoms with Crippen LogP contribution in [0.3, 0.4) is 0 Å². The van der Waals surface area contributed by atoms with Crippen molar-refractivity contribution in [2.45, 2.75) is 18.4 Å². The van der Waals surface area contributed by atoms with E-state index in [0.29, 0.717) is 0 Å². The fraction of sp³-hybridized carbons (Fsp3) is 0.357. The van der Waals surface area contributed by atoms with Gasteiger partial charge in [0.1, 0.15) is 13.2 Å². The second-order valence-corrected chi connectivity index (χ2v) is 3.90. The summed E-state index contributed by atoms with van der Waals surface area (Å²) >= 11 is 0. The Kier molecular flexibility index (Phi) is 8.40. The summed E-state index contributed by atoms with van der Waals surface area (Å²) < 4.78 is 13.8. The standard InChI is InChI=1S/C14H18O7/c1-4-7-20-11(15)9-14(18,13(17)19-6-3)10-12(16)21-8-5-2/h4-6,18H,1-3,7-10H2. The molecule has 0 saturated heterocycles. The molecule has 7 heteroatoms. The summed E-state index contributed by atoms with van der Waals surface area (Å²) in [5.74, 6) is -2.99. The lowest BCUT2D eigenvalue weighted by Gasteiger charge is -2.23. The molecule has 0 aromatic rings. The molecule has 21 heavy (non-hydrogen) atoms. The first-order valence-electron chi connectivity index (χ1n) is 5.97. The molecule has 0 aromatic heterocycles. The number of esters is 3. The molecule has 7 nitrogen and oxygen atoms in total. The van der Waals surface area contributed by atoms with E-state index in [1.54, 1.807) is 0 Å². The Morgan fingerprint density at radius 1 is 0.952 bits per heavy atom. The molecule has 0 spiro atoms. The second kappa shape index (κ2) is 9.49. The maximum Gasteiger partial charge on any atom is 0.344 e. The molecule has 0 amide bonds. The van der Waals surface area contributed by atoms with Crippen molar-refractivity contribution in [1.82, 2.24) is 0 Å². The van der Waals surface area contributed by atoms with E-state index in [1.165, 1.54) is 12.2 Å². The van der Waals surface area contributed by atoms with Crippen molar-refractivity contribution >= 4 is 17.9 Å². The lowest BCUT2D eigenvalue weighted by molar-refractivity contribution is -0.173. The smallest absolute Gasteiger partial charge is 0.344 e. The Labute approximate surface area is 122 Å². The fourth-order valence-corrected chi connectivity index (χ4v) is 1.28. The number of carbonyl (C=O) groups is 3. The molecule has 0 saturated carbocycles. The van der Waals surface area contributed by atoms with Gasteiger partial charge in [-0.2, -0.15) is 0 Å². The topological polar surface area (TPSA) is 99.1 Å². The van der Waals surface area contributed by atoms with E-state index < -0.39 is 36.4 Å². The highest BCUT2D eigenvalue weighted by molar-refractivity contribution is 5.90. The van der Waals surface area contributed by atoms with Gasteiger partial charge in [0.05, 0.1) is 19.1 Å². The Bertz CT molecular complexity index is 399. The van der Waals surface area contributed by atoms with E-state index in [4.69, 9.17) is 0 Å². The SMILES string of the molecule is C=CCOC(=O)CC(O)(CC(=O)OCC=C)C(=O)OC=C. The highest BCUT2D eigenvalue weighted by Gasteiger charge is 2.43. The summed E-state index contributed by atoms with van der Waals surface area (Å²) in [6, 6.07) is 0. The van der Waals surface area contributed by atoms with Gasteiger partial charge in [0.15, 0.2) is 5.60 Å². The van der Waals surface area contributed by atoms with E-state index in [-0.39, 0.29) is 13.2 Å². The Morgan fingerprint density at radius 3 is 1.71 bits per heavy atom. The number of rotatable bonds is 10. The summed E-state index contributed by atoms with van der Waals surface area (Å²) in [6.07, 6.45) is 1.87. The van der Waals surface area contributed by atoms with Gasteiger partial charge in [-0.3, -0.25) is 9.59 Å². The Hall–Kier alpha value is -2.41. The molecule has 0 rings (SSSR count). The number of carbonyl (C=O) groups excluding carboxylic acids is 3. The summed E-state index contributed by atoms with van der Waals surface area (Å²) in [7, 11) is 0. The predicted octanol–water partition coefficient (Wildman–Crippen LogP) is 0.643. The van der Waals surface area contributed by atoms with E-state index in [1.807, 2.05) is 0 Å². The van der Waals surface area contributed by atoms with E-state index >= 15 is 0 Å². The normalized spacial score (nSPS) is 10.1. The molecule has 0 radical (unpaired) electrons. The zero-order chi connectivity index (χ0) is 16.3. The quantitative estimate of drug-likeness (QED) is 0.273. The molecule has 116 valence electrons. The maximum atomic E-state index is 11.7.